The molecule has 2 aromatic rings. The quantitative estimate of drug-likeness (QED) is 0.552. The van der Waals surface area contributed by atoms with Crippen LogP contribution in [-0.4, -0.2) is 19.1 Å². The van der Waals surface area contributed by atoms with Crippen molar-refractivity contribution in [2.45, 2.75) is 32.3 Å². The molecule has 4 heteroatoms. The highest BCUT2D eigenvalue weighted by molar-refractivity contribution is 5.91. The molecule has 0 bridgehead atoms. The second kappa shape index (κ2) is 8.67. The molecule has 3 rings (SSSR count). The number of benzene rings is 1. The number of hydrogen-bond donors (Lipinski definition) is 1. The van der Waals surface area contributed by atoms with Crippen molar-refractivity contribution in [3.8, 4) is 0 Å². The molecule has 1 heterocycles. The fourth-order valence-electron chi connectivity index (χ4n) is 2.74. The lowest BCUT2D eigenvalue weighted by molar-refractivity contribution is -0.116. The van der Waals surface area contributed by atoms with Crippen LogP contribution in [-0.2, 0) is 16.1 Å². The van der Waals surface area contributed by atoms with Gasteiger partial charge in [0.05, 0.1) is 6.61 Å². The van der Waals surface area contributed by atoms with Crippen molar-refractivity contribution in [3.63, 3.8) is 0 Å². The van der Waals surface area contributed by atoms with Crippen LogP contribution < -0.4 is 5.32 Å². The molecule has 1 aliphatic rings. The monoisotopic (exact) mass is 339 g/mol. The molecule has 132 valence electrons. The van der Waals surface area contributed by atoms with Crippen LogP contribution in [0, 0.1) is 5.92 Å². The van der Waals surface area contributed by atoms with Crippen LogP contribution in [0.25, 0.3) is 6.08 Å². The van der Waals surface area contributed by atoms with Crippen molar-refractivity contribution < 1.29 is 13.9 Å². The van der Waals surface area contributed by atoms with Gasteiger partial charge in [-0.05, 0) is 42.5 Å². The SMILES string of the molecule is CC1CC1c1ccc(/C=C/C(=O)NCCCOCc2ccccc2)o1. The Hall–Kier alpha value is -2.33. The first-order valence-corrected chi connectivity index (χ1v) is 8.89. The molecule has 25 heavy (non-hydrogen) atoms. The second-order valence-corrected chi connectivity index (χ2v) is 6.58. The summed E-state index contributed by atoms with van der Waals surface area (Å²) >= 11 is 0. The second-order valence-electron chi connectivity index (χ2n) is 6.58. The topological polar surface area (TPSA) is 51.5 Å². The Balaban J connectivity index is 1.28. The normalized spacial score (nSPS) is 19.2. The van der Waals surface area contributed by atoms with Gasteiger partial charge >= 0.3 is 0 Å². The molecule has 1 amide bonds. The Kier molecular flexibility index (Phi) is 6.07. The van der Waals surface area contributed by atoms with Crippen molar-refractivity contribution in [2.24, 2.45) is 5.92 Å². The minimum atomic E-state index is -0.110. The number of nitrogens with one attached hydrogen (secondary N) is 1. The molecule has 0 radical (unpaired) electrons. The third-order valence-electron chi connectivity index (χ3n) is 4.40. The summed E-state index contributed by atoms with van der Waals surface area (Å²) in [7, 11) is 0. The molecule has 1 aromatic carbocycles. The molecule has 0 saturated heterocycles. The van der Waals surface area contributed by atoms with Crippen LogP contribution in [0.3, 0.4) is 0 Å². The van der Waals surface area contributed by atoms with Crippen molar-refractivity contribution in [1.82, 2.24) is 5.32 Å². The van der Waals surface area contributed by atoms with Gasteiger partial charge in [0.25, 0.3) is 0 Å². The van der Waals surface area contributed by atoms with Gasteiger partial charge in [-0.2, -0.15) is 0 Å². The van der Waals surface area contributed by atoms with Crippen LogP contribution in [0.4, 0.5) is 0 Å². The van der Waals surface area contributed by atoms with E-state index in [-0.39, 0.29) is 5.91 Å². The van der Waals surface area contributed by atoms with E-state index < -0.39 is 0 Å². The van der Waals surface area contributed by atoms with Crippen molar-refractivity contribution in [1.29, 1.82) is 0 Å². The Labute approximate surface area is 148 Å². The van der Waals surface area contributed by atoms with Gasteiger partial charge in [-0.3, -0.25) is 4.79 Å². The maximum atomic E-state index is 11.8. The Bertz CT molecular complexity index is 705. The summed E-state index contributed by atoms with van der Waals surface area (Å²) in [5.41, 5.74) is 1.16. The zero-order chi connectivity index (χ0) is 17.5. The molecule has 1 saturated carbocycles. The first kappa shape index (κ1) is 17.5. The van der Waals surface area contributed by atoms with E-state index in [0.29, 0.717) is 25.7 Å². The van der Waals surface area contributed by atoms with Crippen molar-refractivity contribution in [3.05, 3.63) is 65.6 Å². The van der Waals surface area contributed by atoms with Gasteiger partial charge < -0.3 is 14.5 Å². The van der Waals surface area contributed by atoms with E-state index in [1.54, 1.807) is 6.08 Å². The van der Waals surface area contributed by atoms with Crippen LogP contribution >= 0.6 is 0 Å². The zero-order valence-corrected chi connectivity index (χ0v) is 14.6. The van der Waals surface area contributed by atoms with Gasteiger partial charge in [0.1, 0.15) is 11.5 Å². The third kappa shape index (κ3) is 5.61. The average Bonchev–Trinajstić information content (AvgIpc) is 3.17. The van der Waals surface area contributed by atoms with Crippen LogP contribution in [0.15, 0.2) is 53.0 Å². The van der Waals surface area contributed by atoms with Crippen LogP contribution in [0.2, 0.25) is 0 Å². The number of carbonyl (C=O) groups excluding carboxylic acids is 1. The standard InChI is InChI=1S/C21H25NO3/c1-16-14-19(16)20-10-8-18(25-20)9-11-21(23)22-12-5-13-24-15-17-6-3-2-4-7-17/h2-4,6-11,16,19H,5,12-15H2,1H3,(H,22,23)/b11-9+. The van der Waals surface area contributed by atoms with E-state index in [9.17, 15) is 4.79 Å². The first-order chi connectivity index (χ1) is 12.2. The zero-order valence-electron chi connectivity index (χ0n) is 14.6. The largest absolute Gasteiger partial charge is 0.461 e. The molecule has 1 fully saturated rings. The number of hydrogen-bond acceptors (Lipinski definition) is 3. The van der Waals surface area contributed by atoms with Gasteiger partial charge in [0.15, 0.2) is 0 Å². The van der Waals surface area contributed by atoms with Gasteiger partial charge in [-0.15, -0.1) is 0 Å². The lowest BCUT2D eigenvalue weighted by atomic mass is 10.2. The maximum absolute atomic E-state index is 11.8. The predicted molar refractivity (Wildman–Crippen MR) is 98.0 cm³/mol. The first-order valence-electron chi connectivity index (χ1n) is 8.89. The van der Waals surface area contributed by atoms with E-state index in [0.717, 1.165) is 29.4 Å². The summed E-state index contributed by atoms with van der Waals surface area (Å²) in [5.74, 6) is 2.93. The lowest BCUT2D eigenvalue weighted by Gasteiger charge is -2.05. The highest BCUT2D eigenvalue weighted by Gasteiger charge is 2.36. The molecule has 0 aliphatic heterocycles. The van der Waals surface area contributed by atoms with E-state index in [1.165, 1.54) is 12.5 Å². The number of rotatable bonds is 9. The summed E-state index contributed by atoms with van der Waals surface area (Å²) in [4.78, 5) is 11.8. The molecular formula is C21H25NO3. The molecule has 2 unspecified atom stereocenters. The smallest absolute Gasteiger partial charge is 0.244 e. The molecule has 1 aromatic heterocycles. The van der Waals surface area contributed by atoms with Gasteiger partial charge in [-0.1, -0.05) is 37.3 Å². The van der Waals surface area contributed by atoms with Crippen molar-refractivity contribution in [2.75, 3.05) is 13.2 Å². The van der Waals surface area contributed by atoms with Crippen LogP contribution in [0.1, 0.15) is 42.8 Å². The average molecular weight is 339 g/mol. The Morgan fingerprint density at radius 3 is 2.84 bits per heavy atom. The number of carbonyl (C=O) groups is 1. The van der Waals surface area contributed by atoms with E-state index >= 15 is 0 Å². The van der Waals surface area contributed by atoms with Crippen molar-refractivity contribution >= 4 is 12.0 Å². The highest BCUT2D eigenvalue weighted by Crippen LogP contribution is 2.47. The molecular weight excluding hydrogens is 314 g/mol. The molecule has 1 aliphatic carbocycles. The summed E-state index contributed by atoms with van der Waals surface area (Å²) in [6.45, 7) is 4.05. The summed E-state index contributed by atoms with van der Waals surface area (Å²) in [5, 5.41) is 2.85. The van der Waals surface area contributed by atoms with Gasteiger partial charge in [0.2, 0.25) is 5.91 Å². The number of ether oxygens (including phenoxy) is 1. The summed E-state index contributed by atoms with van der Waals surface area (Å²) in [6, 6.07) is 14.0. The van der Waals surface area contributed by atoms with Crippen LogP contribution in [0.5, 0.6) is 0 Å². The van der Waals surface area contributed by atoms with Gasteiger partial charge in [-0.25, -0.2) is 0 Å². The molecule has 4 nitrogen and oxygen atoms in total. The Morgan fingerprint density at radius 1 is 1.28 bits per heavy atom. The Morgan fingerprint density at radius 2 is 2.08 bits per heavy atom. The van der Waals surface area contributed by atoms with Gasteiger partial charge in [0, 0.05) is 25.1 Å². The number of amides is 1. The third-order valence-corrected chi connectivity index (χ3v) is 4.40. The molecule has 0 spiro atoms. The maximum Gasteiger partial charge on any atom is 0.244 e. The van der Waals surface area contributed by atoms with E-state index in [2.05, 4.69) is 12.2 Å². The molecule has 1 N–H and O–H groups in total. The highest BCUT2D eigenvalue weighted by atomic mass is 16.5. The molecule has 2 atom stereocenters. The fourth-order valence-corrected chi connectivity index (χ4v) is 2.74. The summed E-state index contributed by atoms with van der Waals surface area (Å²) in [6.07, 6.45) is 5.22. The fraction of sp³-hybridized carbons (Fsp3) is 0.381. The minimum absolute atomic E-state index is 0.110. The predicted octanol–water partition coefficient (Wildman–Crippen LogP) is 4.14. The van der Waals surface area contributed by atoms with E-state index in [4.69, 9.17) is 9.15 Å². The minimum Gasteiger partial charge on any atom is -0.461 e. The lowest BCUT2D eigenvalue weighted by Crippen LogP contribution is -2.23. The summed E-state index contributed by atoms with van der Waals surface area (Å²) < 4.78 is 11.3. The van der Waals surface area contributed by atoms with E-state index in [1.807, 2.05) is 42.5 Å². The number of furan rings is 1.